The molecule has 0 spiro atoms. The molecular formula is C14H25N5O. The number of nitrogens with two attached hydrogens (primary N) is 1. The predicted molar refractivity (Wildman–Crippen MR) is 80.9 cm³/mol. The van der Waals surface area contributed by atoms with E-state index >= 15 is 0 Å². The number of hydrogen-bond acceptors (Lipinski definition) is 6. The van der Waals surface area contributed by atoms with Crippen molar-refractivity contribution in [3.8, 4) is 0 Å². The summed E-state index contributed by atoms with van der Waals surface area (Å²) in [5.41, 5.74) is 6.85. The quantitative estimate of drug-likeness (QED) is 0.859. The Labute approximate surface area is 120 Å². The molecule has 20 heavy (non-hydrogen) atoms. The largest absolute Gasteiger partial charge is 0.379 e. The average molecular weight is 279 g/mol. The molecule has 1 atom stereocenters. The first-order valence-electron chi connectivity index (χ1n) is 7.26. The summed E-state index contributed by atoms with van der Waals surface area (Å²) in [5, 5.41) is 0. The van der Waals surface area contributed by atoms with Crippen LogP contribution in [0.15, 0.2) is 6.20 Å². The van der Waals surface area contributed by atoms with E-state index in [1.54, 1.807) is 0 Å². The zero-order valence-electron chi connectivity index (χ0n) is 12.7. The molecule has 0 unspecified atom stereocenters. The van der Waals surface area contributed by atoms with Gasteiger partial charge in [0.1, 0.15) is 5.82 Å². The average Bonchev–Trinajstić information content (AvgIpc) is 2.48. The van der Waals surface area contributed by atoms with Crippen LogP contribution in [0.3, 0.4) is 0 Å². The van der Waals surface area contributed by atoms with Crippen molar-refractivity contribution >= 4 is 11.8 Å². The first kappa shape index (κ1) is 15.0. The molecule has 1 aliphatic rings. The lowest BCUT2D eigenvalue weighted by molar-refractivity contribution is 0.0217. The number of nitrogens with zero attached hydrogens (tertiary/aromatic N) is 4. The first-order valence-corrected chi connectivity index (χ1v) is 7.26. The maximum Gasteiger partial charge on any atom is 0.221 e. The molecule has 2 rings (SSSR count). The van der Waals surface area contributed by atoms with Crippen LogP contribution < -0.4 is 10.6 Å². The molecule has 0 aromatic carbocycles. The van der Waals surface area contributed by atoms with Crippen LogP contribution in [0.5, 0.6) is 0 Å². The van der Waals surface area contributed by atoms with Crippen molar-refractivity contribution in [3.63, 3.8) is 0 Å². The van der Waals surface area contributed by atoms with Crippen molar-refractivity contribution in [2.24, 2.45) is 0 Å². The number of aromatic nitrogens is 2. The first-order chi connectivity index (χ1) is 9.61. The van der Waals surface area contributed by atoms with Crippen molar-refractivity contribution < 1.29 is 4.74 Å². The standard InChI is InChI=1S/C14H25N5O/c1-4-12-9-16-14(15)17-13(12)18(3)10-11(2)19-5-7-20-8-6-19/h9,11H,4-8,10H2,1-3H3,(H2,15,16,17)/t11-/m0/s1. The fourth-order valence-electron chi connectivity index (χ4n) is 2.61. The van der Waals surface area contributed by atoms with Crippen LogP contribution in [-0.4, -0.2) is 60.8 Å². The second-order valence-electron chi connectivity index (χ2n) is 5.31. The van der Waals surface area contributed by atoms with Crippen molar-refractivity contribution in [1.29, 1.82) is 0 Å². The Morgan fingerprint density at radius 2 is 2.15 bits per heavy atom. The summed E-state index contributed by atoms with van der Waals surface area (Å²) < 4.78 is 5.40. The third kappa shape index (κ3) is 3.58. The summed E-state index contributed by atoms with van der Waals surface area (Å²) in [6.45, 7) is 8.94. The second-order valence-corrected chi connectivity index (χ2v) is 5.31. The molecule has 0 aliphatic carbocycles. The Bertz CT molecular complexity index is 434. The molecule has 1 aliphatic heterocycles. The number of ether oxygens (including phenoxy) is 1. The lowest BCUT2D eigenvalue weighted by Crippen LogP contribution is -2.47. The van der Waals surface area contributed by atoms with Crippen LogP contribution in [-0.2, 0) is 11.2 Å². The van der Waals surface area contributed by atoms with Gasteiger partial charge < -0.3 is 15.4 Å². The molecule has 2 heterocycles. The van der Waals surface area contributed by atoms with E-state index in [0.29, 0.717) is 12.0 Å². The van der Waals surface area contributed by atoms with Gasteiger partial charge in [-0.25, -0.2) is 4.98 Å². The Hall–Kier alpha value is -1.40. The molecule has 2 N–H and O–H groups in total. The smallest absolute Gasteiger partial charge is 0.221 e. The van der Waals surface area contributed by atoms with Gasteiger partial charge >= 0.3 is 0 Å². The zero-order valence-corrected chi connectivity index (χ0v) is 12.7. The topological polar surface area (TPSA) is 67.5 Å². The van der Waals surface area contributed by atoms with Crippen LogP contribution in [0.2, 0.25) is 0 Å². The van der Waals surface area contributed by atoms with Gasteiger partial charge in [0.05, 0.1) is 13.2 Å². The number of anilines is 2. The van der Waals surface area contributed by atoms with Gasteiger partial charge in [0.25, 0.3) is 0 Å². The number of likely N-dealkylation sites (N-methyl/N-ethyl adjacent to an activating group) is 1. The highest BCUT2D eigenvalue weighted by Crippen LogP contribution is 2.18. The van der Waals surface area contributed by atoms with Gasteiger partial charge in [0.2, 0.25) is 5.95 Å². The van der Waals surface area contributed by atoms with Crippen LogP contribution in [0.25, 0.3) is 0 Å². The fraction of sp³-hybridized carbons (Fsp3) is 0.714. The summed E-state index contributed by atoms with van der Waals surface area (Å²) >= 11 is 0. The highest BCUT2D eigenvalue weighted by Gasteiger charge is 2.20. The zero-order chi connectivity index (χ0) is 14.5. The minimum Gasteiger partial charge on any atom is -0.379 e. The third-order valence-corrected chi connectivity index (χ3v) is 3.81. The van der Waals surface area contributed by atoms with E-state index in [0.717, 1.165) is 50.7 Å². The normalized spacial score (nSPS) is 17.9. The van der Waals surface area contributed by atoms with Crippen molar-refractivity contribution in [1.82, 2.24) is 14.9 Å². The molecule has 0 amide bonds. The van der Waals surface area contributed by atoms with Crippen molar-refractivity contribution in [3.05, 3.63) is 11.8 Å². The van der Waals surface area contributed by atoms with Crippen LogP contribution >= 0.6 is 0 Å². The van der Waals surface area contributed by atoms with E-state index in [-0.39, 0.29) is 0 Å². The third-order valence-electron chi connectivity index (χ3n) is 3.81. The monoisotopic (exact) mass is 279 g/mol. The summed E-state index contributed by atoms with van der Waals surface area (Å²) in [4.78, 5) is 13.1. The minimum absolute atomic E-state index is 0.336. The molecule has 1 aromatic heterocycles. The number of aryl methyl sites for hydroxylation is 1. The van der Waals surface area contributed by atoms with Gasteiger partial charge in [-0.3, -0.25) is 4.90 Å². The van der Waals surface area contributed by atoms with Crippen LogP contribution in [0.1, 0.15) is 19.4 Å². The molecule has 6 nitrogen and oxygen atoms in total. The van der Waals surface area contributed by atoms with Gasteiger partial charge in [-0.15, -0.1) is 0 Å². The molecule has 0 bridgehead atoms. The highest BCUT2D eigenvalue weighted by molar-refractivity contribution is 5.48. The molecule has 6 heteroatoms. The van der Waals surface area contributed by atoms with Crippen LogP contribution in [0, 0.1) is 0 Å². The molecule has 0 saturated carbocycles. The van der Waals surface area contributed by atoms with E-state index in [2.05, 4.69) is 40.7 Å². The van der Waals surface area contributed by atoms with Gasteiger partial charge in [-0.1, -0.05) is 6.92 Å². The van der Waals surface area contributed by atoms with Crippen LogP contribution in [0.4, 0.5) is 11.8 Å². The number of nitrogen functional groups attached to an aromatic ring is 1. The Balaban J connectivity index is 2.03. The van der Waals surface area contributed by atoms with E-state index in [9.17, 15) is 0 Å². The Morgan fingerprint density at radius 1 is 1.45 bits per heavy atom. The summed E-state index contributed by atoms with van der Waals surface area (Å²) in [5.74, 6) is 1.28. The fourth-order valence-corrected chi connectivity index (χ4v) is 2.61. The van der Waals surface area contributed by atoms with Crippen molar-refractivity contribution in [2.45, 2.75) is 26.3 Å². The molecule has 1 saturated heterocycles. The van der Waals surface area contributed by atoms with E-state index < -0.39 is 0 Å². The lowest BCUT2D eigenvalue weighted by Gasteiger charge is -2.35. The summed E-state index contributed by atoms with van der Waals surface area (Å²) in [6, 6.07) is 0.463. The SMILES string of the molecule is CCc1cnc(N)nc1N(C)C[C@H](C)N1CCOCC1. The lowest BCUT2D eigenvalue weighted by atomic mass is 10.2. The molecule has 112 valence electrons. The van der Waals surface area contributed by atoms with Gasteiger partial charge in [-0.05, 0) is 13.3 Å². The summed E-state index contributed by atoms with van der Waals surface area (Å²) in [7, 11) is 2.07. The number of hydrogen-bond donors (Lipinski definition) is 1. The maximum atomic E-state index is 5.72. The molecule has 1 fully saturated rings. The highest BCUT2D eigenvalue weighted by atomic mass is 16.5. The van der Waals surface area contributed by atoms with E-state index in [1.165, 1.54) is 0 Å². The molecule has 1 aromatic rings. The Kier molecular flexibility index (Phi) is 5.14. The van der Waals surface area contributed by atoms with E-state index in [4.69, 9.17) is 10.5 Å². The summed E-state index contributed by atoms with van der Waals surface area (Å²) in [6.07, 6.45) is 2.74. The second kappa shape index (κ2) is 6.85. The predicted octanol–water partition coefficient (Wildman–Crippen LogP) is 0.778. The van der Waals surface area contributed by atoms with Gasteiger partial charge in [0, 0.05) is 44.5 Å². The molecule has 0 radical (unpaired) electrons. The molecular weight excluding hydrogens is 254 g/mol. The maximum absolute atomic E-state index is 5.72. The number of morpholine rings is 1. The van der Waals surface area contributed by atoms with Gasteiger partial charge in [-0.2, -0.15) is 4.98 Å². The number of rotatable bonds is 5. The minimum atomic E-state index is 0.336. The van der Waals surface area contributed by atoms with Gasteiger partial charge in [0.15, 0.2) is 0 Å². The van der Waals surface area contributed by atoms with Crippen molar-refractivity contribution in [2.75, 3.05) is 50.5 Å². The van der Waals surface area contributed by atoms with E-state index in [1.807, 2.05) is 6.20 Å². The Morgan fingerprint density at radius 3 is 2.80 bits per heavy atom.